The van der Waals surface area contributed by atoms with Gasteiger partial charge in [-0.1, -0.05) is 40.2 Å². The van der Waals surface area contributed by atoms with E-state index in [9.17, 15) is 9.59 Å². The Labute approximate surface area is 157 Å². The number of para-hydroxylation sites is 1. The van der Waals surface area contributed by atoms with Crippen molar-refractivity contribution in [3.05, 3.63) is 74.7 Å². The third-order valence-electron chi connectivity index (χ3n) is 3.47. The average molecular weight is 415 g/mol. The molecule has 0 saturated heterocycles. The van der Waals surface area contributed by atoms with Crippen molar-refractivity contribution in [2.24, 2.45) is 5.10 Å². The quantitative estimate of drug-likeness (QED) is 0.511. The number of amides is 1. The highest BCUT2D eigenvalue weighted by Gasteiger charge is 2.10. The van der Waals surface area contributed by atoms with Gasteiger partial charge in [0.2, 0.25) is 0 Å². The minimum atomic E-state index is -0.490. The van der Waals surface area contributed by atoms with Gasteiger partial charge in [0.15, 0.2) is 6.61 Å². The first-order chi connectivity index (χ1) is 12.5. The number of carbonyl (C=O) groups is 1. The topological polar surface area (TPSA) is 85.6 Å². The number of nitrogens with one attached hydrogen (secondary N) is 1. The van der Waals surface area contributed by atoms with E-state index in [0.29, 0.717) is 16.7 Å². The van der Waals surface area contributed by atoms with Crippen molar-refractivity contribution in [2.45, 2.75) is 6.92 Å². The molecule has 1 aromatic heterocycles. The minimum absolute atomic E-state index is 0.360. The molecule has 0 bridgehead atoms. The second-order valence-electron chi connectivity index (χ2n) is 5.40. The summed E-state index contributed by atoms with van der Waals surface area (Å²) in [4.78, 5) is 33.9. The number of nitrogens with zero attached hydrogens (tertiary/aromatic N) is 3. The molecule has 0 saturated carbocycles. The number of carbonyl (C=O) groups excluding carboxylic acids is 1. The Morgan fingerprint density at radius 3 is 2.92 bits per heavy atom. The summed E-state index contributed by atoms with van der Waals surface area (Å²) < 4.78 is 1.93. The average Bonchev–Trinajstić information content (AvgIpc) is 2.61. The van der Waals surface area contributed by atoms with Crippen molar-refractivity contribution in [1.29, 1.82) is 0 Å². The molecule has 0 aliphatic heterocycles. The van der Waals surface area contributed by atoms with Crippen LogP contribution in [0.2, 0.25) is 0 Å². The van der Waals surface area contributed by atoms with Gasteiger partial charge in [0.05, 0.1) is 17.1 Å². The van der Waals surface area contributed by atoms with Crippen molar-refractivity contribution in [3.63, 3.8) is 0 Å². The standard InChI is InChI=1S/C18H15BrN4O3/c1-12-21-16-8-3-2-7-15(16)18(25)23(12)26-11-17(24)22-20-10-13-5-4-6-14(19)9-13/h2-10H,11H2,1H3,(H,22,24). The summed E-state index contributed by atoms with van der Waals surface area (Å²) >= 11 is 3.36. The fourth-order valence-electron chi connectivity index (χ4n) is 2.30. The zero-order valence-corrected chi connectivity index (χ0v) is 15.4. The van der Waals surface area contributed by atoms with E-state index in [-0.39, 0.29) is 12.2 Å². The van der Waals surface area contributed by atoms with E-state index in [0.717, 1.165) is 14.8 Å². The number of benzene rings is 2. The molecule has 0 aliphatic carbocycles. The molecule has 0 unspecified atom stereocenters. The first-order valence-electron chi connectivity index (χ1n) is 7.74. The molecule has 0 aliphatic rings. The van der Waals surface area contributed by atoms with Crippen LogP contribution in [-0.4, -0.2) is 28.4 Å². The molecule has 0 atom stereocenters. The van der Waals surface area contributed by atoms with Gasteiger partial charge in [-0.05, 0) is 36.8 Å². The van der Waals surface area contributed by atoms with Crippen LogP contribution in [0, 0.1) is 6.92 Å². The maximum Gasteiger partial charge on any atom is 0.294 e. The van der Waals surface area contributed by atoms with Gasteiger partial charge in [0.1, 0.15) is 5.82 Å². The van der Waals surface area contributed by atoms with E-state index in [1.54, 1.807) is 31.2 Å². The van der Waals surface area contributed by atoms with E-state index >= 15 is 0 Å². The first-order valence-corrected chi connectivity index (χ1v) is 8.53. The summed E-state index contributed by atoms with van der Waals surface area (Å²) in [6.07, 6.45) is 1.51. The number of rotatable bonds is 5. The minimum Gasteiger partial charge on any atom is -0.399 e. The fourth-order valence-corrected chi connectivity index (χ4v) is 2.72. The van der Waals surface area contributed by atoms with Crippen molar-refractivity contribution in [1.82, 2.24) is 15.1 Å². The summed E-state index contributed by atoms with van der Waals surface area (Å²) in [5.74, 6) is -0.130. The number of aromatic nitrogens is 2. The molecule has 1 amide bonds. The van der Waals surface area contributed by atoms with Crippen LogP contribution in [0.5, 0.6) is 0 Å². The Bertz CT molecular complexity index is 1050. The molecule has 26 heavy (non-hydrogen) atoms. The van der Waals surface area contributed by atoms with Gasteiger partial charge >= 0.3 is 0 Å². The Morgan fingerprint density at radius 2 is 2.12 bits per heavy atom. The van der Waals surface area contributed by atoms with Gasteiger partial charge < -0.3 is 4.84 Å². The molecule has 2 aromatic carbocycles. The normalized spacial score (nSPS) is 11.0. The van der Waals surface area contributed by atoms with Crippen molar-refractivity contribution in [2.75, 3.05) is 6.61 Å². The van der Waals surface area contributed by atoms with Gasteiger partial charge in [0.25, 0.3) is 11.5 Å². The lowest BCUT2D eigenvalue weighted by Crippen LogP contribution is -2.35. The lowest BCUT2D eigenvalue weighted by Gasteiger charge is -2.11. The number of fused-ring (bicyclic) bond motifs is 1. The molecule has 1 heterocycles. The molecule has 3 aromatic rings. The number of hydrazone groups is 1. The lowest BCUT2D eigenvalue weighted by atomic mass is 10.2. The number of hydrogen-bond donors (Lipinski definition) is 1. The number of aryl methyl sites for hydroxylation is 1. The van der Waals surface area contributed by atoms with E-state index in [1.165, 1.54) is 6.21 Å². The van der Waals surface area contributed by atoms with E-state index in [1.807, 2.05) is 24.3 Å². The van der Waals surface area contributed by atoms with Crippen molar-refractivity contribution >= 4 is 39.0 Å². The molecule has 0 fully saturated rings. The smallest absolute Gasteiger partial charge is 0.294 e. The Balaban J connectivity index is 1.64. The van der Waals surface area contributed by atoms with Crippen molar-refractivity contribution in [3.8, 4) is 0 Å². The second-order valence-corrected chi connectivity index (χ2v) is 6.31. The summed E-state index contributed by atoms with van der Waals surface area (Å²) in [6, 6.07) is 14.4. The monoisotopic (exact) mass is 414 g/mol. The predicted molar refractivity (Wildman–Crippen MR) is 102 cm³/mol. The van der Waals surface area contributed by atoms with Gasteiger partial charge in [-0.25, -0.2) is 10.4 Å². The molecule has 0 spiro atoms. The third-order valence-corrected chi connectivity index (χ3v) is 3.96. The highest BCUT2D eigenvalue weighted by molar-refractivity contribution is 9.10. The van der Waals surface area contributed by atoms with Gasteiger partial charge in [0, 0.05) is 4.47 Å². The lowest BCUT2D eigenvalue weighted by molar-refractivity contribution is -0.126. The molecule has 1 N–H and O–H groups in total. The maximum absolute atomic E-state index is 12.4. The van der Waals surface area contributed by atoms with Crippen LogP contribution >= 0.6 is 15.9 Å². The molecular formula is C18H15BrN4O3. The molecule has 0 radical (unpaired) electrons. The highest BCUT2D eigenvalue weighted by atomic mass is 79.9. The van der Waals surface area contributed by atoms with E-state index in [4.69, 9.17) is 4.84 Å². The first kappa shape index (κ1) is 17.8. The SMILES string of the molecule is Cc1nc2ccccc2c(=O)n1OCC(=O)NN=Cc1cccc(Br)c1. The second kappa shape index (κ2) is 7.92. The molecule has 3 rings (SSSR count). The van der Waals surface area contributed by atoms with Crippen LogP contribution in [0.15, 0.2) is 62.9 Å². The summed E-state index contributed by atoms with van der Waals surface area (Å²) in [6.45, 7) is 1.27. The summed E-state index contributed by atoms with van der Waals surface area (Å²) in [5, 5.41) is 4.28. The van der Waals surface area contributed by atoms with Gasteiger partial charge in [-0.3, -0.25) is 9.59 Å². The summed E-state index contributed by atoms with van der Waals surface area (Å²) in [5.41, 5.74) is 3.40. The van der Waals surface area contributed by atoms with Crippen LogP contribution in [0.25, 0.3) is 10.9 Å². The molecule has 8 heteroatoms. The maximum atomic E-state index is 12.4. The fraction of sp³-hybridized carbons (Fsp3) is 0.111. The zero-order valence-electron chi connectivity index (χ0n) is 13.8. The largest absolute Gasteiger partial charge is 0.399 e. The van der Waals surface area contributed by atoms with Crippen LogP contribution < -0.4 is 15.8 Å². The Kier molecular flexibility index (Phi) is 5.43. The molecule has 132 valence electrons. The van der Waals surface area contributed by atoms with Crippen LogP contribution in [0.3, 0.4) is 0 Å². The molecular weight excluding hydrogens is 400 g/mol. The predicted octanol–water partition coefficient (Wildman–Crippen LogP) is 2.05. The Morgan fingerprint density at radius 1 is 1.31 bits per heavy atom. The number of halogens is 1. The van der Waals surface area contributed by atoms with Crippen LogP contribution in [0.4, 0.5) is 0 Å². The van der Waals surface area contributed by atoms with Crippen molar-refractivity contribution < 1.29 is 9.63 Å². The highest BCUT2D eigenvalue weighted by Crippen LogP contribution is 2.09. The number of hydrogen-bond acceptors (Lipinski definition) is 5. The van der Waals surface area contributed by atoms with E-state index < -0.39 is 5.91 Å². The van der Waals surface area contributed by atoms with E-state index in [2.05, 4.69) is 31.4 Å². The van der Waals surface area contributed by atoms with Gasteiger partial charge in [-0.2, -0.15) is 5.10 Å². The zero-order chi connectivity index (χ0) is 18.5. The van der Waals surface area contributed by atoms with Crippen LogP contribution in [-0.2, 0) is 4.79 Å². The van der Waals surface area contributed by atoms with Gasteiger partial charge in [-0.15, -0.1) is 4.73 Å². The summed E-state index contributed by atoms with van der Waals surface area (Å²) in [7, 11) is 0. The third kappa shape index (κ3) is 4.15. The van der Waals surface area contributed by atoms with Crippen LogP contribution in [0.1, 0.15) is 11.4 Å². The molecule has 7 nitrogen and oxygen atoms in total. The Hall–Kier alpha value is -3.00.